The average Bonchev–Trinajstić information content (AvgIpc) is 3.27. The van der Waals surface area contributed by atoms with Gasteiger partial charge in [-0.15, -0.1) is 0 Å². The number of aromatic nitrogens is 3. The summed E-state index contributed by atoms with van der Waals surface area (Å²) in [6.07, 6.45) is 27.1. The van der Waals surface area contributed by atoms with E-state index in [1.165, 1.54) is 73.7 Å². The summed E-state index contributed by atoms with van der Waals surface area (Å²) in [6, 6.07) is 11.5. The van der Waals surface area contributed by atoms with Gasteiger partial charge in [0.05, 0.1) is 24.4 Å². The average molecular weight is 831 g/mol. The van der Waals surface area contributed by atoms with Crippen molar-refractivity contribution in [1.29, 1.82) is 0 Å². The van der Waals surface area contributed by atoms with Crippen LogP contribution in [0.3, 0.4) is 0 Å². The molecule has 12 nitrogen and oxygen atoms in total. The molecule has 12 heteroatoms. The molecule has 3 aromatic heterocycles. The monoisotopic (exact) mass is 831 g/mol. The highest BCUT2D eigenvalue weighted by atomic mass is 16.5. The molecule has 61 heavy (non-hydrogen) atoms. The van der Waals surface area contributed by atoms with Gasteiger partial charge in [-0.1, -0.05) is 6.92 Å². The van der Waals surface area contributed by atoms with Gasteiger partial charge in [0.25, 0.3) is 0 Å². The van der Waals surface area contributed by atoms with E-state index in [2.05, 4.69) is 83.5 Å². The van der Waals surface area contributed by atoms with Crippen LogP contribution in [0.25, 0.3) is 0 Å². The molecular weight excluding hydrogens is 761 g/mol. The maximum atomic E-state index is 6.66. The highest BCUT2D eigenvalue weighted by molar-refractivity contribution is 5.37. The lowest BCUT2D eigenvalue weighted by Crippen LogP contribution is -2.55. The van der Waals surface area contributed by atoms with Crippen LogP contribution in [0.15, 0.2) is 78.5 Å². The Morgan fingerprint density at radius 3 is 1.98 bits per heavy atom. The third kappa shape index (κ3) is 10.8. The molecule has 10 rings (SSSR count). The molecule has 4 unspecified atom stereocenters. The molecule has 4 atom stereocenters. The van der Waals surface area contributed by atoms with Crippen molar-refractivity contribution in [1.82, 2.24) is 39.9 Å². The van der Waals surface area contributed by atoms with Crippen LogP contribution in [0, 0.1) is 0 Å². The lowest BCUT2D eigenvalue weighted by Gasteiger charge is -2.48. The van der Waals surface area contributed by atoms with Crippen molar-refractivity contribution < 1.29 is 9.47 Å². The summed E-state index contributed by atoms with van der Waals surface area (Å²) >= 11 is 0. The van der Waals surface area contributed by atoms with Crippen molar-refractivity contribution in [3.8, 4) is 0 Å². The number of hydrogen-bond acceptors (Lipinski definition) is 12. The van der Waals surface area contributed by atoms with Crippen molar-refractivity contribution in [2.75, 3.05) is 70.4 Å². The van der Waals surface area contributed by atoms with Gasteiger partial charge >= 0.3 is 0 Å². The number of hydrogen-bond donors (Lipinski definition) is 3. The molecule has 2 aliphatic carbocycles. The number of nitrogens with one attached hydrogen (secondary N) is 1. The van der Waals surface area contributed by atoms with Crippen LogP contribution < -0.4 is 16.8 Å². The first-order chi connectivity index (χ1) is 29.9. The van der Waals surface area contributed by atoms with Gasteiger partial charge in [0.2, 0.25) is 0 Å². The van der Waals surface area contributed by atoms with E-state index in [0.29, 0.717) is 54.1 Å². The lowest BCUT2D eigenvalue weighted by atomic mass is 9.80. The Morgan fingerprint density at radius 2 is 1.31 bits per heavy atom. The van der Waals surface area contributed by atoms with E-state index < -0.39 is 0 Å². The highest BCUT2D eigenvalue weighted by Gasteiger charge is 2.39. The number of nitrogens with two attached hydrogens (primary N) is 2. The Balaban J connectivity index is 0.000000156. The molecule has 0 bridgehead atoms. The minimum atomic E-state index is 0.391. The molecule has 0 amide bonds. The number of anilines is 2. The molecule has 5 N–H and O–H groups in total. The predicted octanol–water partition coefficient (Wildman–Crippen LogP) is 6.44. The van der Waals surface area contributed by atoms with E-state index in [1.54, 1.807) is 23.5 Å². The van der Waals surface area contributed by atoms with Crippen molar-refractivity contribution >= 4 is 11.6 Å². The van der Waals surface area contributed by atoms with Crippen LogP contribution in [-0.2, 0) is 22.6 Å². The van der Waals surface area contributed by atoms with Crippen LogP contribution in [-0.4, -0.2) is 124 Å². The molecule has 4 saturated heterocycles. The summed E-state index contributed by atoms with van der Waals surface area (Å²) < 4.78 is 13.1. The first-order valence-corrected chi connectivity index (χ1v) is 23.6. The topological polar surface area (TPSA) is 134 Å². The van der Waals surface area contributed by atoms with Crippen molar-refractivity contribution in [3.63, 3.8) is 0 Å². The molecule has 4 fully saturated rings. The van der Waals surface area contributed by atoms with E-state index in [0.717, 1.165) is 91.1 Å². The molecule has 8 heterocycles. The summed E-state index contributed by atoms with van der Waals surface area (Å²) in [4.78, 5) is 22.9. The van der Waals surface area contributed by atoms with Gasteiger partial charge in [-0.05, 0) is 159 Å². The number of pyridine rings is 3. The summed E-state index contributed by atoms with van der Waals surface area (Å²) in [5.41, 5.74) is 20.3. The number of nitrogens with zero attached hydrogens (tertiary/aromatic N) is 7. The number of ether oxygens (including phenoxy) is 2. The van der Waals surface area contributed by atoms with Crippen LogP contribution in [0.1, 0.15) is 112 Å². The van der Waals surface area contributed by atoms with Gasteiger partial charge < -0.3 is 26.3 Å². The lowest BCUT2D eigenvalue weighted by molar-refractivity contribution is -0.120. The van der Waals surface area contributed by atoms with Gasteiger partial charge in [-0.25, -0.2) is 9.97 Å². The number of rotatable bonds is 10. The number of fused-ring (bicyclic) bond motifs is 1. The minimum absolute atomic E-state index is 0.391. The predicted molar refractivity (Wildman–Crippen MR) is 242 cm³/mol. The summed E-state index contributed by atoms with van der Waals surface area (Å²) in [7, 11) is 0. The van der Waals surface area contributed by atoms with Crippen LogP contribution in [0.2, 0.25) is 0 Å². The van der Waals surface area contributed by atoms with Crippen LogP contribution in [0.4, 0.5) is 11.6 Å². The Kier molecular flexibility index (Phi) is 14.0. The van der Waals surface area contributed by atoms with Gasteiger partial charge in [0.15, 0.2) is 0 Å². The minimum Gasteiger partial charge on any atom is -0.387 e. The van der Waals surface area contributed by atoms with Crippen molar-refractivity contribution in [2.24, 2.45) is 0 Å². The van der Waals surface area contributed by atoms with Crippen molar-refractivity contribution in [2.45, 2.75) is 133 Å². The smallest absolute Gasteiger partial charge is 0.123 e. The maximum Gasteiger partial charge on any atom is 0.123 e. The summed E-state index contributed by atoms with van der Waals surface area (Å²) in [6.45, 7) is 14.1. The fourth-order valence-electron chi connectivity index (χ4n) is 11.2. The number of dihydropyridines is 1. The van der Waals surface area contributed by atoms with Crippen molar-refractivity contribution in [3.05, 3.63) is 101 Å². The molecule has 0 spiro atoms. The van der Waals surface area contributed by atoms with Gasteiger partial charge in [0.1, 0.15) is 11.6 Å². The molecule has 0 saturated carbocycles. The number of piperidine rings is 3. The Hall–Kier alpha value is -3.91. The second-order valence-electron chi connectivity index (χ2n) is 18.9. The quantitative estimate of drug-likeness (QED) is 0.208. The largest absolute Gasteiger partial charge is 0.387 e. The van der Waals surface area contributed by atoms with E-state index in [-0.39, 0.29) is 0 Å². The first-order valence-electron chi connectivity index (χ1n) is 23.6. The second kappa shape index (κ2) is 20.1. The Bertz CT molecular complexity index is 1950. The Labute approximate surface area is 364 Å². The van der Waals surface area contributed by atoms with Crippen LogP contribution >= 0.6 is 0 Å². The molecule has 5 aliphatic heterocycles. The van der Waals surface area contributed by atoms with Gasteiger partial charge in [-0.3, -0.25) is 24.6 Å². The number of nitrogen functional groups attached to an aromatic ring is 2. The normalized spacial score (nSPS) is 27.4. The zero-order chi connectivity index (χ0) is 41.5. The number of likely N-dealkylation sites (tertiary alicyclic amines) is 4. The highest BCUT2D eigenvalue weighted by Crippen LogP contribution is 2.42. The first kappa shape index (κ1) is 42.4. The van der Waals surface area contributed by atoms with E-state index in [4.69, 9.17) is 20.9 Å². The fraction of sp³-hybridized carbons (Fsp3) is 0.612. The van der Waals surface area contributed by atoms with E-state index >= 15 is 0 Å². The molecule has 0 aromatic carbocycles. The van der Waals surface area contributed by atoms with Gasteiger partial charge in [0, 0.05) is 102 Å². The zero-order valence-corrected chi connectivity index (χ0v) is 36.6. The summed E-state index contributed by atoms with van der Waals surface area (Å²) in [5, 5.41) is 3.40. The molecule has 328 valence electrons. The third-order valence-electron chi connectivity index (χ3n) is 14.6. The maximum absolute atomic E-state index is 6.66. The Morgan fingerprint density at radius 1 is 0.656 bits per heavy atom. The van der Waals surface area contributed by atoms with Crippen LogP contribution in [0.5, 0.6) is 0 Å². The SMILES string of the molecule is CC1CCC(N2CC(OC3CCN(Cc4ccnc(N)c4)CC3)C2)c2ccncc21.Nc1cc(CN2CCC(OC3CCCN(C4CCCC5=C4C=CNC5)C3)CC2)ccn1. The summed E-state index contributed by atoms with van der Waals surface area (Å²) in [5.74, 6) is 1.84. The molecular formula is C49H70N10O2. The standard InChI is InChI=1S/C25H37N5O.C24H33N5O/c26-25-15-19(6-11-28-25)17-29-13-8-21(9-14-29)31-22-4-2-12-30(18-22)24-5-1-3-20-16-27-10-7-23(20)24;1-17-2-3-23(21-5-8-26-13-22(17)21)29-15-20(16-29)30-19-6-10-28(11-7-19)14-18-4-9-27-24(25)12-18/h6-7,10-11,15,21-22,24,27H,1-5,8-9,12-14,16-18H2,(H2,26,28);4-5,8-9,12-13,17,19-20,23H,2-3,6-7,10-11,14-16H2,1H3,(H2,25,27). The van der Waals surface area contributed by atoms with E-state index in [9.17, 15) is 0 Å². The fourth-order valence-corrected chi connectivity index (χ4v) is 11.2. The van der Waals surface area contributed by atoms with E-state index in [1.807, 2.05) is 18.3 Å². The molecule has 0 radical (unpaired) electrons. The van der Waals surface area contributed by atoms with Gasteiger partial charge in [-0.2, -0.15) is 0 Å². The molecule has 7 aliphatic rings. The molecule has 3 aromatic rings. The zero-order valence-electron chi connectivity index (χ0n) is 36.6. The second-order valence-corrected chi connectivity index (χ2v) is 18.9. The third-order valence-corrected chi connectivity index (χ3v) is 14.6.